The molecule has 0 saturated heterocycles. The lowest BCUT2D eigenvalue weighted by Gasteiger charge is -2.25. The van der Waals surface area contributed by atoms with Crippen molar-refractivity contribution in [2.75, 3.05) is 7.05 Å². The highest BCUT2D eigenvalue weighted by Gasteiger charge is 2.49. The molecule has 2 aromatic rings. The van der Waals surface area contributed by atoms with E-state index in [9.17, 15) is 4.79 Å². The van der Waals surface area contributed by atoms with E-state index in [0.29, 0.717) is 0 Å². The van der Waals surface area contributed by atoms with Gasteiger partial charge in [-0.2, -0.15) is 11.3 Å². The van der Waals surface area contributed by atoms with Gasteiger partial charge in [0.25, 0.3) is 5.91 Å². The Morgan fingerprint density at radius 2 is 2.10 bits per heavy atom. The zero-order valence-corrected chi connectivity index (χ0v) is 12.1. The quantitative estimate of drug-likeness (QED) is 0.918. The number of hydrogen-bond acceptors (Lipinski definition) is 4. The summed E-state index contributed by atoms with van der Waals surface area (Å²) in [5.41, 5.74) is 7.66. The fourth-order valence-corrected chi connectivity index (χ4v) is 3.22. The summed E-state index contributed by atoms with van der Waals surface area (Å²) in [7, 11) is 1.66. The predicted molar refractivity (Wildman–Crippen MR) is 80.7 cm³/mol. The van der Waals surface area contributed by atoms with Gasteiger partial charge in [0.05, 0.1) is 0 Å². The molecule has 1 amide bonds. The maximum atomic E-state index is 12.8. The molecule has 5 heteroatoms. The second-order valence-corrected chi connectivity index (χ2v) is 5.71. The Morgan fingerprint density at radius 1 is 1.30 bits per heavy atom. The standard InChI is InChI=1S/C15H15N3OS/c1-10-4-3-5-11(8-10)15(12-6-7-20-9-12)13(19)18(2)14(16)17-15/h3-9H,1-2H3,(H2,16,17). The third-order valence-corrected chi connectivity index (χ3v) is 4.30. The van der Waals surface area contributed by atoms with Gasteiger partial charge in [0, 0.05) is 12.6 Å². The number of likely N-dealkylation sites (N-methyl/N-ethyl adjacent to an activating group) is 1. The van der Waals surface area contributed by atoms with E-state index in [1.807, 2.05) is 48.0 Å². The second-order valence-electron chi connectivity index (χ2n) is 4.93. The van der Waals surface area contributed by atoms with Crippen LogP contribution < -0.4 is 5.73 Å². The number of nitrogens with zero attached hydrogens (tertiary/aromatic N) is 2. The van der Waals surface area contributed by atoms with Gasteiger partial charge in [-0.1, -0.05) is 29.8 Å². The van der Waals surface area contributed by atoms with E-state index in [0.717, 1.165) is 16.7 Å². The van der Waals surface area contributed by atoms with Crippen molar-refractivity contribution in [2.45, 2.75) is 12.5 Å². The molecular formula is C15H15N3OS. The first-order chi connectivity index (χ1) is 9.55. The normalized spacial score (nSPS) is 22.2. The maximum absolute atomic E-state index is 12.8. The minimum absolute atomic E-state index is 0.112. The van der Waals surface area contributed by atoms with Crippen molar-refractivity contribution >= 4 is 23.2 Å². The van der Waals surface area contributed by atoms with E-state index in [1.165, 1.54) is 4.90 Å². The number of rotatable bonds is 2. The topological polar surface area (TPSA) is 58.7 Å². The van der Waals surface area contributed by atoms with Crippen molar-refractivity contribution < 1.29 is 4.79 Å². The second kappa shape index (κ2) is 4.45. The lowest BCUT2D eigenvalue weighted by Crippen LogP contribution is -2.40. The average Bonchev–Trinajstić information content (AvgIpc) is 3.03. The van der Waals surface area contributed by atoms with Crippen LogP contribution in [0.2, 0.25) is 0 Å². The molecule has 1 unspecified atom stereocenters. The monoisotopic (exact) mass is 285 g/mol. The predicted octanol–water partition coefficient (Wildman–Crippen LogP) is 2.09. The van der Waals surface area contributed by atoms with Gasteiger partial charge in [0.1, 0.15) is 0 Å². The van der Waals surface area contributed by atoms with Crippen LogP contribution in [0.15, 0.2) is 46.1 Å². The summed E-state index contributed by atoms with van der Waals surface area (Å²) in [6, 6.07) is 9.79. The average molecular weight is 285 g/mol. The first-order valence-corrected chi connectivity index (χ1v) is 7.23. The summed E-state index contributed by atoms with van der Waals surface area (Å²) in [6.07, 6.45) is 0. The van der Waals surface area contributed by atoms with Gasteiger partial charge < -0.3 is 5.73 Å². The Labute approximate surface area is 121 Å². The fraction of sp³-hybridized carbons (Fsp3) is 0.200. The van der Waals surface area contributed by atoms with Crippen LogP contribution in [-0.4, -0.2) is 23.8 Å². The summed E-state index contributed by atoms with van der Waals surface area (Å²) in [5, 5.41) is 3.90. The summed E-state index contributed by atoms with van der Waals surface area (Å²) in [6.45, 7) is 2.00. The molecule has 1 aliphatic heterocycles. The first kappa shape index (κ1) is 12.9. The van der Waals surface area contributed by atoms with Crippen molar-refractivity contribution in [3.8, 4) is 0 Å². The lowest BCUT2D eigenvalue weighted by atomic mass is 9.84. The van der Waals surface area contributed by atoms with Crippen LogP contribution in [0.4, 0.5) is 0 Å². The zero-order valence-electron chi connectivity index (χ0n) is 11.3. The van der Waals surface area contributed by atoms with Crippen molar-refractivity contribution in [2.24, 2.45) is 10.7 Å². The summed E-state index contributed by atoms with van der Waals surface area (Å²) in [4.78, 5) is 18.7. The van der Waals surface area contributed by atoms with Crippen LogP contribution in [0, 0.1) is 6.92 Å². The van der Waals surface area contributed by atoms with E-state index in [4.69, 9.17) is 5.73 Å². The summed E-state index contributed by atoms with van der Waals surface area (Å²) < 4.78 is 0. The van der Waals surface area contributed by atoms with Crippen LogP contribution in [0.5, 0.6) is 0 Å². The van der Waals surface area contributed by atoms with Crippen molar-refractivity contribution in [3.63, 3.8) is 0 Å². The van der Waals surface area contributed by atoms with Crippen LogP contribution in [0.1, 0.15) is 16.7 Å². The minimum atomic E-state index is -1.04. The van der Waals surface area contributed by atoms with Gasteiger partial charge in [0.2, 0.25) is 0 Å². The van der Waals surface area contributed by atoms with Crippen molar-refractivity contribution in [1.82, 2.24) is 4.90 Å². The number of guanidine groups is 1. The van der Waals surface area contributed by atoms with Crippen molar-refractivity contribution in [3.05, 3.63) is 57.8 Å². The third kappa shape index (κ3) is 1.67. The molecule has 3 rings (SSSR count). The highest BCUT2D eigenvalue weighted by Crippen LogP contribution is 2.40. The SMILES string of the molecule is Cc1cccc(C2(c3ccsc3)N=C(N)N(C)C2=O)c1. The molecule has 0 saturated carbocycles. The van der Waals surface area contributed by atoms with Gasteiger partial charge >= 0.3 is 0 Å². The molecule has 102 valence electrons. The third-order valence-electron chi connectivity index (χ3n) is 3.61. The molecule has 4 nitrogen and oxygen atoms in total. The Hall–Kier alpha value is -2.14. The molecule has 1 aliphatic rings. The highest BCUT2D eigenvalue weighted by molar-refractivity contribution is 7.08. The highest BCUT2D eigenvalue weighted by atomic mass is 32.1. The van der Waals surface area contributed by atoms with Crippen LogP contribution in [0.25, 0.3) is 0 Å². The van der Waals surface area contributed by atoms with Crippen LogP contribution in [-0.2, 0) is 10.3 Å². The lowest BCUT2D eigenvalue weighted by molar-refractivity contribution is -0.129. The molecule has 2 N–H and O–H groups in total. The summed E-state index contributed by atoms with van der Waals surface area (Å²) >= 11 is 1.55. The van der Waals surface area contributed by atoms with Crippen LogP contribution >= 0.6 is 11.3 Å². The first-order valence-electron chi connectivity index (χ1n) is 6.29. The minimum Gasteiger partial charge on any atom is -0.369 e. The molecular weight excluding hydrogens is 270 g/mol. The van der Waals surface area contributed by atoms with Gasteiger partial charge in [-0.15, -0.1) is 0 Å². The molecule has 1 aromatic heterocycles. The van der Waals surface area contributed by atoms with E-state index in [-0.39, 0.29) is 11.9 Å². The van der Waals surface area contributed by atoms with E-state index in [2.05, 4.69) is 4.99 Å². The molecule has 0 aliphatic carbocycles. The number of nitrogens with two attached hydrogens (primary N) is 1. The van der Waals surface area contributed by atoms with Gasteiger partial charge in [-0.25, -0.2) is 4.99 Å². The van der Waals surface area contributed by atoms with Crippen molar-refractivity contribution in [1.29, 1.82) is 0 Å². The smallest absolute Gasteiger partial charge is 0.266 e. The largest absolute Gasteiger partial charge is 0.369 e. The Morgan fingerprint density at radius 3 is 2.65 bits per heavy atom. The Balaban J connectivity index is 2.28. The molecule has 0 spiro atoms. The molecule has 20 heavy (non-hydrogen) atoms. The van der Waals surface area contributed by atoms with Crippen LogP contribution in [0.3, 0.4) is 0 Å². The Kier molecular flexibility index (Phi) is 2.87. The Bertz CT molecular complexity index is 693. The van der Waals surface area contributed by atoms with Gasteiger partial charge in [-0.3, -0.25) is 9.69 Å². The molecule has 1 atom stereocenters. The van der Waals surface area contributed by atoms with E-state index < -0.39 is 5.54 Å². The molecule has 0 bridgehead atoms. The van der Waals surface area contributed by atoms with E-state index >= 15 is 0 Å². The number of thiophene rings is 1. The number of aryl methyl sites for hydroxylation is 1. The molecule has 1 aromatic carbocycles. The number of amides is 1. The number of benzene rings is 1. The number of carbonyl (C=O) groups is 1. The fourth-order valence-electron chi connectivity index (χ4n) is 2.52. The van der Waals surface area contributed by atoms with Gasteiger partial charge in [0.15, 0.2) is 11.5 Å². The summed E-state index contributed by atoms with van der Waals surface area (Å²) in [5.74, 6) is 0.140. The number of carbonyl (C=O) groups excluding carboxylic acids is 1. The molecule has 0 radical (unpaired) electrons. The molecule has 2 heterocycles. The van der Waals surface area contributed by atoms with E-state index in [1.54, 1.807) is 18.4 Å². The number of aliphatic imine (C=N–C) groups is 1. The molecule has 0 fully saturated rings. The number of hydrogen-bond donors (Lipinski definition) is 1. The van der Waals surface area contributed by atoms with Gasteiger partial charge in [-0.05, 0) is 29.3 Å². The maximum Gasteiger partial charge on any atom is 0.266 e. The zero-order chi connectivity index (χ0) is 14.3.